The first kappa shape index (κ1) is 17.7. The van der Waals surface area contributed by atoms with E-state index < -0.39 is 0 Å². The number of urea groups is 1. The third kappa shape index (κ3) is 5.46. The van der Waals surface area contributed by atoms with Gasteiger partial charge in [0.2, 0.25) is 5.91 Å². The SMILES string of the molecule is O=C(NCC1CCCO1)Nc1ccc(NC(=O)C2CCCCC2)cc1. The van der Waals surface area contributed by atoms with Gasteiger partial charge in [-0.1, -0.05) is 19.3 Å². The van der Waals surface area contributed by atoms with Gasteiger partial charge >= 0.3 is 6.03 Å². The minimum Gasteiger partial charge on any atom is -0.376 e. The molecule has 1 aliphatic carbocycles. The summed E-state index contributed by atoms with van der Waals surface area (Å²) in [7, 11) is 0. The fraction of sp³-hybridized carbons (Fsp3) is 0.579. The Balaban J connectivity index is 1.43. The van der Waals surface area contributed by atoms with Gasteiger partial charge in [0.25, 0.3) is 0 Å². The van der Waals surface area contributed by atoms with Crippen LogP contribution in [0.15, 0.2) is 24.3 Å². The van der Waals surface area contributed by atoms with E-state index in [0.29, 0.717) is 12.2 Å². The Labute approximate surface area is 148 Å². The second-order valence-electron chi connectivity index (χ2n) is 6.87. The van der Waals surface area contributed by atoms with E-state index in [4.69, 9.17) is 4.74 Å². The highest BCUT2D eigenvalue weighted by atomic mass is 16.5. The van der Waals surface area contributed by atoms with Crippen LogP contribution in [0.4, 0.5) is 16.2 Å². The first-order valence-corrected chi connectivity index (χ1v) is 9.28. The summed E-state index contributed by atoms with van der Waals surface area (Å²) in [4.78, 5) is 24.1. The normalized spacial score (nSPS) is 20.9. The average molecular weight is 345 g/mol. The van der Waals surface area contributed by atoms with Crippen molar-refractivity contribution in [3.05, 3.63) is 24.3 Å². The molecule has 3 N–H and O–H groups in total. The topological polar surface area (TPSA) is 79.5 Å². The third-order valence-electron chi connectivity index (χ3n) is 4.90. The van der Waals surface area contributed by atoms with Crippen molar-refractivity contribution in [3.8, 4) is 0 Å². The number of carbonyl (C=O) groups excluding carboxylic acids is 2. The molecule has 3 rings (SSSR count). The summed E-state index contributed by atoms with van der Waals surface area (Å²) in [5, 5.41) is 8.58. The highest BCUT2D eigenvalue weighted by Gasteiger charge is 2.21. The number of rotatable bonds is 5. The third-order valence-corrected chi connectivity index (χ3v) is 4.90. The van der Waals surface area contributed by atoms with Crippen molar-refractivity contribution in [1.29, 1.82) is 0 Å². The predicted molar refractivity (Wildman–Crippen MR) is 97.6 cm³/mol. The number of amides is 3. The zero-order chi connectivity index (χ0) is 17.5. The van der Waals surface area contributed by atoms with E-state index in [0.717, 1.165) is 50.8 Å². The van der Waals surface area contributed by atoms with E-state index in [1.165, 1.54) is 6.42 Å². The molecule has 0 aromatic heterocycles. The van der Waals surface area contributed by atoms with Gasteiger partial charge in [-0.3, -0.25) is 4.79 Å². The number of carbonyl (C=O) groups is 2. The number of hydrogen-bond donors (Lipinski definition) is 3. The molecule has 2 fully saturated rings. The van der Waals surface area contributed by atoms with Crippen molar-refractivity contribution in [2.24, 2.45) is 5.92 Å². The minimum absolute atomic E-state index is 0.106. The van der Waals surface area contributed by atoms with Crippen LogP contribution >= 0.6 is 0 Å². The van der Waals surface area contributed by atoms with Crippen LogP contribution < -0.4 is 16.0 Å². The Morgan fingerprint density at radius 2 is 1.60 bits per heavy atom. The molecule has 1 unspecified atom stereocenters. The van der Waals surface area contributed by atoms with Gasteiger partial charge in [-0.15, -0.1) is 0 Å². The van der Waals surface area contributed by atoms with Gasteiger partial charge in [0, 0.05) is 30.4 Å². The molecule has 1 aliphatic heterocycles. The Bertz CT molecular complexity index is 576. The smallest absolute Gasteiger partial charge is 0.319 e. The highest BCUT2D eigenvalue weighted by molar-refractivity contribution is 5.93. The molecule has 6 nitrogen and oxygen atoms in total. The molecule has 136 valence electrons. The Morgan fingerprint density at radius 1 is 0.920 bits per heavy atom. The Morgan fingerprint density at radius 3 is 2.24 bits per heavy atom. The lowest BCUT2D eigenvalue weighted by Crippen LogP contribution is -2.35. The summed E-state index contributed by atoms with van der Waals surface area (Å²) in [5.74, 6) is 0.241. The van der Waals surface area contributed by atoms with E-state index in [2.05, 4.69) is 16.0 Å². The maximum Gasteiger partial charge on any atom is 0.319 e. The van der Waals surface area contributed by atoms with Gasteiger partial charge in [0.1, 0.15) is 0 Å². The first-order chi connectivity index (χ1) is 12.2. The lowest BCUT2D eigenvalue weighted by atomic mass is 9.88. The number of anilines is 2. The Hall–Kier alpha value is -2.08. The molecule has 0 spiro atoms. The summed E-state index contributed by atoms with van der Waals surface area (Å²) >= 11 is 0. The summed E-state index contributed by atoms with van der Waals surface area (Å²) in [6, 6.07) is 6.98. The fourth-order valence-electron chi connectivity index (χ4n) is 3.43. The van der Waals surface area contributed by atoms with Crippen molar-refractivity contribution < 1.29 is 14.3 Å². The van der Waals surface area contributed by atoms with Crippen molar-refractivity contribution in [3.63, 3.8) is 0 Å². The van der Waals surface area contributed by atoms with E-state index in [1.807, 2.05) is 12.1 Å². The lowest BCUT2D eigenvalue weighted by molar-refractivity contribution is -0.120. The quantitative estimate of drug-likeness (QED) is 0.764. The van der Waals surface area contributed by atoms with Gasteiger partial charge in [0.05, 0.1) is 6.10 Å². The molecular weight excluding hydrogens is 318 g/mol. The van der Waals surface area contributed by atoms with Gasteiger partial charge < -0.3 is 20.7 Å². The number of ether oxygens (including phenoxy) is 1. The predicted octanol–water partition coefficient (Wildman–Crippen LogP) is 3.51. The molecule has 1 heterocycles. The lowest BCUT2D eigenvalue weighted by Gasteiger charge is -2.20. The molecule has 3 amide bonds. The van der Waals surface area contributed by atoms with E-state index >= 15 is 0 Å². The maximum atomic E-state index is 12.2. The molecule has 1 aromatic rings. The largest absolute Gasteiger partial charge is 0.376 e. The average Bonchev–Trinajstić information content (AvgIpc) is 3.16. The molecule has 0 radical (unpaired) electrons. The monoisotopic (exact) mass is 345 g/mol. The first-order valence-electron chi connectivity index (χ1n) is 9.28. The van der Waals surface area contributed by atoms with Crippen LogP contribution in [0.2, 0.25) is 0 Å². The second kappa shape index (κ2) is 8.85. The van der Waals surface area contributed by atoms with Gasteiger partial charge in [-0.25, -0.2) is 4.79 Å². The molecule has 0 bridgehead atoms. The van der Waals surface area contributed by atoms with Crippen molar-refractivity contribution >= 4 is 23.3 Å². The van der Waals surface area contributed by atoms with Crippen LogP contribution in [-0.4, -0.2) is 31.2 Å². The molecule has 1 atom stereocenters. The summed E-state index contributed by atoms with van der Waals surface area (Å²) in [5.41, 5.74) is 1.46. The van der Waals surface area contributed by atoms with Crippen LogP contribution in [-0.2, 0) is 9.53 Å². The maximum absolute atomic E-state index is 12.2. The number of benzene rings is 1. The van der Waals surface area contributed by atoms with Crippen molar-refractivity contribution in [2.45, 2.75) is 51.0 Å². The van der Waals surface area contributed by atoms with E-state index in [-0.39, 0.29) is 24.0 Å². The van der Waals surface area contributed by atoms with Crippen molar-refractivity contribution in [2.75, 3.05) is 23.8 Å². The molecule has 1 aromatic carbocycles. The standard InChI is InChI=1S/C19H27N3O3/c23-18(14-5-2-1-3-6-14)21-15-8-10-16(11-9-15)22-19(24)20-13-17-7-4-12-25-17/h8-11,14,17H,1-7,12-13H2,(H,21,23)(H2,20,22,24). The number of nitrogens with one attached hydrogen (secondary N) is 3. The molecule has 1 saturated heterocycles. The fourth-order valence-corrected chi connectivity index (χ4v) is 3.43. The van der Waals surface area contributed by atoms with Crippen LogP contribution in [0.5, 0.6) is 0 Å². The Kier molecular flexibility index (Phi) is 6.28. The van der Waals surface area contributed by atoms with Crippen LogP contribution in [0.1, 0.15) is 44.9 Å². The zero-order valence-corrected chi connectivity index (χ0v) is 14.6. The van der Waals surface area contributed by atoms with Crippen LogP contribution in [0, 0.1) is 5.92 Å². The van der Waals surface area contributed by atoms with Gasteiger partial charge in [0.15, 0.2) is 0 Å². The summed E-state index contributed by atoms with van der Waals surface area (Å²) < 4.78 is 5.47. The van der Waals surface area contributed by atoms with E-state index in [9.17, 15) is 9.59 Å². The van der Waals surface area contributed by atoms with Crippen molar-refractivity contribution in [1.82, 2.24) is 5.32 Å². The minimum atomic E-state index is -0.241. The molecule has 25 heavy (non-hydrogen) atoms. The highest BCUT2D eigenvalue weighted by Crippen LogP contribution is 2.25. The molecule has 1 saturated carbocycles. The second-order valence-corrected chi connectivity index (χ2v) is 6.87. The summed E-state index contributed by atoms with van der Waals surface area (Å²) in [6.07, 6.45) is 7.66. The van der Waals surface area contributed by atoms with Crippen LogP contribution in [0.25, 0.3) is 0 Å². The van der Waals surface area contributed by atoms with E-state index in [1.54, 1.807) is 12.1 Å². The molecule has 2 aliphatic rings. The molecular formula is C19H27N3O3. The number of hydrogen-bond acceptors (Lipinski definition) is 3. The summed E-state index contributed by atoms with van der Waals surface area (Å²) in [6.45, 7) is 1.31. The zero-order valence-electron chi connectivity index (χ0n) is 14.6. The van der Waals surface area contributed by atoms with Gasteiger partial charge in [-0.2, -0.15) is 0 Å². The molecule has 6 heteroatoms. The van der Waals surface area contributed by atoms with Gasteiger partial charge in [-0.05, 0) is 49.9 Å². The van der Waals surface area contributed by atoms with Crippen LogP contribution in [0.3, 0.4) is 0 Å².